The minimum atomic E-state index is -3.72. The van der Waals surface area contributed by atoms with Crippen molar-refractivity contribution in [2.24, 2.45) is 5.92 Å². The molecule has 2 fully saturated rings. The molecule has 0 bridgehead atoms. The number of amides is 2. The number of hydrogen-bond donors (Lipinski definition) is 2. The van der Waals surface area contributed by atoms with Gasteiger partial charge < -0.3 is 15.4 Å². The zero-order chi connectivity index (χ0) is 21.6. The molecule has 2 aliphatic rings. The fourth-order valence-electron chi connectivity index (χ4n) is 4.06. The van der Waals surface area contributed by atoms with Crippen LogP contribution in [-0.2, 0) is 14.8 Å². The van der Waals surface area contributed by atoms with E-state index >= 15 is 0 Å². The van der Waals surface area contributed by atoms with Crippen LogP contribution in [0.4, 0.5) is 0 Å². The Morgan fingerprint density at radius 3 is 2.37 bits per heavy atom. The quantitative estimate of drug-likeness (QED) is 0.605. The summed E-state index contributed by atoms with van der Waals surface area (Å²) in [4.78, 5) is 24.7. The molecule has 30 heavy (non-hydrogen) atoms. The molecule has 1 heterocycles. The van der Waals surface area contributed by atoms with Crippen molar-refractivity contribution in [2.75, 3.05) is 33.3 Å². The van der Waals surface area contributed by atoms with E-state index in [9.17, 15) is 18.0 Å². The number of rotatable bonds is 8. The van der Waals surface area contributed by atoms with Gasteiger partial charge in [0.05, 0.1) is 7.11 Å². The van der Waals surface area contributed by atoms with Crippen molar-refractivity contribution in [3.05, 3.63) is 23.8 Å². The molecule has 0 unspecified atom stereocenters. The molecule has 1 aliphatic carbocycles. The Hall–Kier alpha value is -2.13. The predicted molar refractivity (Wildman–Crippen MR) is 113 cm³/mol. The zero-order valence-electron chi connectivity index (χ0n) is 17.5. The molecule has 0 radical (unpaired) electrons. The van der Waals surface area contributed by atoms with Gasteiger partial charge in [-0.25, -0.2) is 8.42 Å². The van der Waals surface area contributed by atoms with Crippen molar-refractivity contribution in [3.8, 4) is 5.75 Å². The Balaban J connectivity index is 1.58. The van der Waals surface area contributed by atoms with E-state index < -0.39 is 10.0 Å². The normalized spacial score (nSPS) is 18.2. The highest BCUT2D eigenvalue weighted by Crippen LogP contribution is 2.30. The Bertz CT molecular complexity index is 859. The number of nitrogens with one attached hydrogen (secondary N) is 2. The van der Waals surface area contributed by atoms with Crippen LogP contribution in [0.15, 0.2) is 23.1 Å². The maximum Gasteiger partial charge on any atom is 0.251 e. The monoisotopic (exact) mass is 437 g/mol. The second-order valence-electron chi connectivity index (χ2n) is 7.86. The van der Waals surface area contributed by atoms with E-state index in [2.05, 4.69) is 10.6 Å². The van der Waals surface area contributed by atoms with E-state index in [1.807, 2.05) is 0 Å². The minimum absolute atomic E-state index is 0.00477. The number of sulfonamides is 1. The van der Waals surface area contributed by atoms with E-state index in [4.69, 9.17) is 4.74 Å². The Morgan fingerprint density at radius 2 is 1.70 bits per heavy atom. The maximum absolute atomic E-state index is 12.9. The molecule has 166 valence electrons. The minimum Gasteiger partial charge on any atom is -0.495 e. The second-order valence-corrected chi connectivity index (χ2v) is 9.77. The van der Waals surface area contributed by atoms with E-state index in [1.54, 1.807) is 0 Å². The average Bonchev–Trinajstić information content (AvgIpc) is 3.32. The number of carbonyl (C=O) groups excluding carboxylic acids is 2. The fourth-order valence-corrected chi connectivity index (χ4v) is 5.76. The molecule has 8 nitrogen and oxygen atoms in total. The number of carbonyl (C=O) groups is 2. The van der Waals surface area contributed by atoms with Gasteiger partial charge in [0, 0.05) is 37.7 Å². The molecule has 1 saturated heterocycles. The van der Waals surface area contributed by atoms with Crippen LogP contribution in [0, 0.1) is 5.92 Å². The van der Waals surface area contributed by atoms with Crippen LogP contribution in [0.5, 0.6) is 5.75 Å². The SMILES string of the molecule is COc1ccc(C(=O)NCCNC(=O)C2CCCCC2)cc1S(=O)(=O)N1CCCC1. The number of benzene rings is 1. The van der Waals surface area contributed by atoms with Crippen molar-refractivity contribution in [1.29, 1.82) is 0 Å². The van der Waals surface area contributed by atoms with Gasteiger partial charge in [-0.2, -0.15) is 4.31 Å². The lowest BCUT2D eigenvalue weighted by molar-refractivity contribution is -0.125. The number of hydrogen-bond acceptors (Lipinski definition) is 5. The van der Waals surface area contributed by atoms with Gasteiger partial charge in [-0.05, 0) is 43.9 Å². The molecule has 9 heteroatoms. The van der Waals surface area contributed by atoms with Gasteiger partial charge in [-0.15, -0.1) is 0 Å². The largest absolute Gasteiger partial charge is 0.495 e. The Kier molecular flexibility index (Phi) is 7.71. The van der Waals surface area contributed by atoms with Crippen LogP contribution in [0.2, 0.25) is 0 Å². The molecular weight excluding hydrogens is 406 g/mol. The predicted octanol–water partition coefficient (Wildman–Crippen LogP) is 1.91. The van der Waals surface area contributed by atoms with Crippen molar-refractivity contribution < 1.29 is 22.7 Å². The molecule has 2 amide bonds. The first-order valence-corrected chi connectivity index (χ1v) is 12.1. The third kappa shape index (κ3) is 5.31. The van der Waals surface area contributed by atoms with Crippen molar-refractivity contribution in [1.82, 2.24) is 14.9 Å². The van der Waals surface area contributed by atoms with Crippen LogP contribution >= 0.6 is 0 Å². The van der Waals surface area contributed by atoms with Gasteiger partial charge in [0.25, 0.3) is 5.91 Å². The number of nitrogens with zero attached hydrogens (tertiary/aromatic N) is 1. The number of methoxy groups -OCH3 is 1. The molecule has 0 aromatic heterocycles. The van der Waals surface area contributed by atoms with Gasteiger partial charge in [-0.3, -0.25) is 9.59 Å². The van der Waals surface area contributed by atoms with Crippen LogP contribution < -0.4 is 15.4 Å². The lowest BCUT2D eigenvalue weighted by atomic mass is 9.89. The molecule has 0 atom stereocenters. The van der Waals surface area contributed by atoms with Crippen LogP contribution in [0.3, 0.4) is 0 Å². The molecular formula is C21H31N3O5S. The molecule has 0 spiro atoms. The van der Waals surface area contributed by atoms with Crippen molar-refractivity contribution in [2.45, 2.75) is 49.8 Å². The van der Waals surface area contributed by atoms with Crippen LogP contribution in [-0.4, -0.2) is 57.8 Å². The summed E-state index contributed by atoms with van der Waals surface area (Å²) in [7, 11) is -2.31. The van der Waals surface area contributed by atoms with Gasteiger partial charge in [0.2, 0.25) is 15.9 Å². The van der Waals surface area contributed by atoms with Crippen molar-refractivity contribution >= 4 is 21.8 Å². The summed E-state index contributed by atoms with van der Waals surface area (Å²) in [5.74, 6) is -0.0394. The summed E-state index contributed by atoms with van der Waals surface area (Å²) in [5, 5.41) is 5.61. The molecule has 1 aliphatic heterocycles. The summed E-state index contributed by atoms with van der Waals surface area (Å²) < 4.78 is 32.5. The zero-order valence-corrected chi connectivity index (χ0v) is 18.3. The first kappa shape index (κ1) is 22.6. The first-order chi connectivity index (χ1) is 14.4. The van der Waals surface area contributed by atoms with Gasteiger partial charge in [-0.1, -0.05) is 19.3 Å². The van der Waals surface area contributed by atoms with Crippen molar-refractivity contribution in [3.63, 3.8) is 0 Å². The molecule has 1 aromatic rings. The smallest absolute Gasteiger partial charge is 0.251 e. The van der Waals surface area contributed by atoms with Gasteiger partial charge in [0.1, 0.15) is 10.6 Å². The number of ether oxygens (including phenoxy) is 1. The van der Waals surface area contributed by atoms with E-state index in [0.717, 1.165) is 38.5 Å². The molecule has 2 N–H and O–H groups in total. The Labute approximate surface area is 178 Å². The highest BCUT2D eigenvalue weighted by atomic mass is 32.2. The molecule has 1 saturated carbocycles. The summed E-state index contributed by atoms with van der Waals surface area (Å²) in [6.07, 6.45) is 6.89. The second kappa shape index (κ2) is 10.3. The first-order valence-electron chi connectivity index (χ1n) is 10.7. The maximum atomic E-state index is 12.9. The Morgan fingerprint density at radius 1 is 1.03 bits per heavy atom. The summed E-state index contributed by atoms with van der Waals surface area (Å²) in [5.41, 5.74) is 0.243. The highest BCUT2D eigenvalue weighted by Gasteiger charge is 2.30. The van der Waals surface area contributed by atoms with Crippen LogP contribution in [0.25, 0.3) is 0 Å². The third-order valence-corrected chi connectivity index (χ3v) is 7.71. The van der Waals surface area contributed by atoms with E-state index in [0.29, 0.717) is 19.6 Å². The summed E-state index contributed by atoms with van der Waals surface area (Å²) in [6.45, 7) is 1.57. The molecule has 3 rings (SSSR count). The highest BCUT2D eigenvalue weighted by molar-refractivity contribution is 7.89. The third-order valence-electron chi connectivity index (χ3n) is 5.79. The molecule has 1 aromatic carbocycles. The standard InChI is InChI=1S/C21H31N3O5S/c1-29-18-10-9-17(15-19(18)30(27,28)24-13-5-6-14-24)21(26)23-12-11-22-20(25)16-7-3-2-4-8-16/h9-10,15-16H,2-8,11-14H2,1H3,(H,22,25)(H,23,26). The summed E-state index contributed by atoms with van der Waals surface area (Å²) in [6, 6.07) is 4.41. The fraction of sp³-hybridized carbons (Fsp3) is 0.619. The van der Waals surface area contributed by atoms with E-state index in [-0.39, 0.29) is 40.5 Å². The topological polar surface area (TPSA) is 105 Å². The van der Waals surface area contributed by atoms with E-state index in [1.165, 1.54) is 36.0 Å². The van der Waals surface area contributed by atoms with Gasteiger partial charge >= 0.3 is 0 Å². The summed E-state index contributed by atoms with van der Waals surface area (Å²) >= 11 is 0. The van der Waals surface area contributed by atoms with Crippen LogP contribution in [0.1, 0.15) is 55.3 Å². The lowest BCUT2D eigenvalue weighted by Gasteiger charge is -2.20. The van der Waals surface area contributed by atoms with Gasteiger partial charge in [0.15, 0.2) is 0 Å². The lowest BCUT2D eigenvalue weighted by Crippen LogP contribution is -2.38. The average molecular weight is 438 g/mol.